The molecule has 0 saturated heterocycles. The third kappa shape index (κ3) is 1.71. The maximum Gasteiger partial charge on any atom is 0.203 e. The van der Waals surface area contributed by atoms with Crippen molar-refractivity contribution in [2.75, 3.05) is 14.2 Å². The molecule has 0 radical (unpaired) electrons. The van der Waals surface area contributed by atoms with Gasteiger partial charge < -0.3 is 9.47 Å². The van der Waals surface area contributed by atoms with Crippen LogP contribution in [0.5, 0.6) is 0 Å². The van der Waals surface area contributed by atoms with E-state index in [1.807, 2.05) is 6.92 Å². The number of hydrogen-bond donors (Lipinski definition) is 0. The Kier molecular flexibility index (Phi) is 2.95. The number of halogens is 1. The zero-order valence-corrected chi connectivity index (χ0v) is 9.55. The van der Waals surface area contributed by atoms with Crippen LogP contribution in [0.1, 0.15) is 13.3 Å². The number of ketones is 1. The molecule has 1 aliphatic rings. The number of alkyl halides is 1. The molecule has 74 valence electrons. The van der Waals surface area contributed by atoms with Crippen LogP contribution >= 0.6 is 15.9 Å². The fourth-order valence-corrected chi connectivity index (χ4v) is 2.26. The number of allylic oxidation sites excluding steroid dienone is 1. The summed E-state index contributed by atoms with van der Waals surface area (Å²) in [6.07, 6.45) is 3.51. The molecular formula is C9H13BrO3. The molecule has 1 unspecified atom stereocenters. The van der Waals surface area contributed by atoms with Gasteiger partial charge in [-0.3, -0.25) is 4.79 Å². The van der Waals surface area contributed by atoms with E-state index in [0.717, 1.165) is 0 Å². The number of ether oxygens (including phenoxy) is 2. The monoisotopic (exact) mass is 248 g/mol. The second-order valence-electron chi connectivity index (χ2n) is 3.25. The molecule has 1 rings (SSSR count). The first-order valence-electron chi connectivity index (χ1n) is 3.99. The number of hydrogen-bond acceptors (Lipinski definition) is 3. The summed E-state index contributed by atoms with van der Waals surface area (Å²) in [5.41, 5.74) is 0. The lowest BCUT2D eigenvalue weighted by atomic mass is 9.89. The Morgan fingerprint density at radius 2 is 2.00 bits per heavy atom. The van der Waals surface area contributed by atoms with Crippen LogP contribution in [0.25, 0.3) is 0 Å². The van der Waals surface area contributed by atoms with Crippen LogP contribution in [0.3, 0.4) is 0 Å². The molecule has 0 amide bonds. The molecule has 0 bridgehead atoms. The first kappa shape index (κ1) is 10.9. The number of methoxy groups -OCH3 is 2. The molecule has 13 heavy (non-hydrogen) atoms. The SMILES string of the molecule is COC1(OC)C=CC(=O)CC1(C)Br. The molecule has 0 N–H and O–H groups in total. The highest BCUT2D eigenvalue weighted by Gasteiger charge is 2.49. The second kappa shape index (κ2) is 3.52. The molecule has 0 saturated carbocycles. The van der Waals surface area contributed by atoms with E-state index < -0.39 is 10.1 Å². The van der Waals surface area contributed by atoms with Crippen LogP contribution < -0.4 is 0 Å². The number of carbonyl (C=O) groups is 1. The van der Waals surface area contributed by atoms with Crippen molar-refractivity contribution in [1.29, 1.82) is 0 Å². The van der Waals surface area contributed by atoms with Crippen molar-refractivity contribution >= 4 is 21.7 Å². The van der Waals surface area contributed by atoms with Crippen molar-refractivity contribution in [2.24, 2.45) is 0 Å². The Hall–Kier alpha value is -0.190. The molecule has 0 aromatic rings. The summed E-state index contributed by atoms with van der Waals surface area (Å²) in [5, 5.41) is 0. The van der Waals surface area contributed by atoms with Gasteiger partial charge in [-0.05, 0) is 19.1 Å². The third-order valence-electron chi connectivity index (χ3n) is 2.33. The molecular weight excluding hydrogens is 236 g/mol. The highest BCUT2D eigenvalue weighted by atomic mass is 79.9. The highest BCUT2D eigenvalue weighted by molar-refractivity contribution is 9.10. The quantitative estimate of drug-likeness (QED) is 0.551. The molecule has 0 spiro atoms. The highest BCUT2D eigenvalue weighted by Crippen LogP contribution is 2.41. The molecule has 0 aromatic carbocycles. The summed E-state index contributed by atoms with van der Waals surface area (Å²) in [6.45, 7) is 1.88. The third-order valence-corrected chi connectivity index (χ3v) is 3.16. The van der Waals surface area contributed by atoms with E-state index >= 15 is 0 Å². The van der Waals surface area contributed by atoms with Crippen molar-refractivity contribution in [3.63, 3.8) is 0 Å². The van der Waals surface area contributed by atoms with Crippen LogP contribution in [0.2, 0.25) is 0 Å². The van der Waals surface area contributed by atoms with Crippen LogP contribution in [-0.4, -0.2) is 30.1 Å². The lowest BCUT2D eigenvalue weighted by molar-refractivity contribution is -0.192. The minimum absolute atomic E-state index is 0.0732. The lowest BCUT2D eigenvalue weighted by Crippen LogP contribution is -2.52. The number of carbonyl (C=O) groups excluding carboxylic acids is 1. The van der Waals surface area contributed by atoms with Crippen molar-refractivity contribution in [3.8, 4) is 0 Å². The minimum atomic E-state index is -0.846. The zero-order valence-electron chi connectivity index (χ0n) is 7.96. The van der Waals surface area contributed by atoms with Crippen LogP contribution in [-0.2, 0) is 14.3 Å². The topological polar surface area (TPSA) is 35.5 Å². The molecule has 0 heterocycles. The Morgan fingerprint density at radius 1 is 1.46 bits per heavy atom. The predicted molar refractivity (Wildman–Crippen MR) is 52.8 cm³/mol. The van der Waals surface area contributed by atoms with Crippen molar-refractivity contribution in [1.82, 2.24) is 0 Å². The maximum absolute atomic E-state index is 11.2. The molecule has 1 atom stereocenters. The van der Waals surface area contributed by atoms with E-state index in [0.29, 0.717) is 6.42 Å². The molecule has 0 fully saturated rings. The summed E-state index contributed by atoms with van der Waals surface area (Å²) in [7, 11) is 3.12. The first-order valence-corrected chi connectivity index (χ1v) is 4.78. The van der Waals surface area contributed by atoms with Gasteiger partial charge in [-0.2, -0.15) is 0 Å². The van der Waals surface area contributed by atoms with Crippen LogP contribution in [0.4, 0.5) is 0 Å². The van der Waals surface area contributed by atoms with Gasteiger partial charge in [0.2, 0.25) is 5.79 Å². The molecule has 0 aromatic heterocycles. The average Bonchev–Trinajstić information content (AvgIpc) is 2.04. The van der Waals surface area contributed by atoms with Gasteiger partial charge in [-0.25, -0.2) is 0 Å². The van der Waals surface area contributed by atoms with E-state index in [9.17, 15) is 4.79 Å². The maximum atomic E-state index is 11.2. The van der Waals surface area contributed by atoms with E-state index in [1.54, 1.807) is 20.3 Å². The van der Waals surface area contributed by atoms with Crippen LogP contribution in [0.15, 0.2) is 12.2 Å². The summed E-state index contributed by atoms with van der Waals surface area (Å²) < 4.78 is 10.1. The van der Waals surface area contributed by atoms with Gasteiger partial charge in [0.15, 0.2) is 5.78 Å². The summed E-state index contributed by atoms with van der Waals surface area (Å²) >= 11 is 3.45. The molecule has 1 aliphatic carbocycles. The van der Waals surface area contributed by atoms with Gasteiger partial charge in [0.25, 0.3) is 0 Å². The second-order valence-corrected chi connectivity index (χ2v) is 5.00. The predicted octanol–water partition coefficient (Wildman–Crippen LogP) is 1.66. The Labute approximate surface area is 86.2 Å². The van der Waals surface area contributed by atoms with Gasteiger partial charge in [-0.1, -0.05) is 15.9 Å². The van der Waals surface area contributed by atoms with E-state index in [1.165, 1.54) is 6.08 Å². The fourth-order valence-electron chi connectivity index (χ4n) is 1.53. The van der Waals surface area contributed by atoms with E-state index in [2.05, 4.69) is 15.9 Å². The summed E-state index contributed by atoms with van der Waals surface area (Å²) in [5.74, 6) is -0.773. The van der Waals surface area contributed by atoms with Gasteiger partial charge in [0.1, 0.15) is 0 Å². The van der Waals surface area contributed by atoms with Gasteiger partial charge in [0, 0.05) is 20.6 Å². The van der Waals surface area contributed by atoms with E-state index in [4.69, 9.17) is 9.47 Å². The zero-order chi connectivity index (χ0) is 10.1. The van der Waals surface area contributed by atoms with Crippen molar-refractivity contribution in [2.45, 2.75) is 23.5 Å². The largest absolute Gasteiger partial charge is 0.349 e. The van der Waals surface area contributed by atoms with Gasteiger partial charge in [0.05, 0.1) is 4.32 Å². The van der Waals surface area contributed by atoms with Crippen molar-refractivity contribution in [3.05, 3.63) is 12.2 Å². The molecule has 3 nitrogen and oxygen atoms in total. The Balaban J connectivity index is 3.07. The van der Waals surface area contributed by atoms with Crippen LogP contribution in [0, 0.1) is 0 Å². The minimum Gasteiger partial charge on any atom is -0.349 e. The fraction of sp³-hybridized carbons (Fsp3) is 0.667. The summed E-state index contributed by atoms with van der Waals surface area (Å²) in [6, 6.07) is 0. The normalized spacial score (nSPS) is 32.2. The standard InChI is InChI=1S/C9H13BrO3/c1-8(10)6-7(11)4-5-9(8,12-2)13-3/h4-5H,6H2,1-3H3. The smallest absolute Gasteiger partial charge is 0.203 e. The number of rotatable bonds is 2. The van der Waals surface area contributed by atoms with E-state index in [-0.39, 0.29) is 5.78 Å². The summed E-state index contributed by atoms with van der Waals surface area (Å²) in [4.78, 5) is 11.2. The molecule has 0 aliphatic heterocycles. The average molecular weight is 249 g/mol. The van der Waals surface area contributed by atoms with Gasteiger partial charge >= 0.3 is 0 Å². The Bertz CT molecular complexity index is 241. The van der Waals surface area contributed by atoms with Gasteiger partial charge in [-0.15, -0.1) is 0 Å². The van der Waals surface area contributed by atoms with Crippen molar-refractivity contribution < 1.29 is 14.3 Å². The first-order chi connectivity index (χ1) is 5.97. The molecule has 4 heteroatoms. The Morgan fingerprint density at radius 3 is 2.38 bits per heavy atom. The lowest BCUT2D eigenvalue weighted by Gasteiger charge is -2.42.